The summed E-state index contributed by atoms with van der Waals surface area (Å²) < 4.78 is 0. The predicted molar refractivity (Wildman–Crippen MR) is 74.5 cm³/mol. The molecule has 0 fully saturated rings. The molecule has 0 spiro atoms. The lowest BCUT2D eigenvalue weighted by molar-refractivity contribution is 0.0982. The van der Waals surface area contributed by atoms with Crippen LogP contribution < -0.4 is 0 Å². The van der Waals surface area contributed by atoms with E-state index < -0.39 is 0 Å². The number of halogens is 1. The molecule has 96 valence electrons. The Morgan fingerprint density at radius 3 is 2.89 bits per heavy atom. The number of ketones is 1. The van der Waals surface area contributed by atoms with Gasteiger partial charge in [0.15, 0.2) is 5.78 Å². The van der Waals surface area contributed by atoms with Crippen LogP contribution in [0, 0.1) is 0 Å². The lowest BCUT2D eigenvalue weighted by Crippen LogP contribution is -1.98. The van der Waals surface area contributed by atoms with Gasteiger partial charge < -0.3 is 4.98 Å². The number of Topliss-reactive ketones (excluding diaryl/α,β-unsaturated/α-hetero) is 1. The molecule has 0 radical (unpaired) electrons. The first-order valence-corrected chi connectivity index (χ1v) is 6.74. The second-order valence-corrected chi connectivity index (χ2v) is 5.10. The van der Waals surface area contributed by atoms with E-state index in [1.54, 1.807) is 0 Å². The van der Waals surface area contributed by atoms with Crippen molar-refractivity contribution in [3.05, 3.63) is 29.6 Å². The zero-order valence-electron chi connectivity index (χ0n) is 10.7. The van der Waals surface area contributed by atoms with Crippen molar-refractivity contribution in [1.82, 2.24) is 9.97 Å². The molecule has 0 saturated heterocycles. The molecule has 0 saturated carbocycles. The fourth-order valence-electron chi connectivity index (χ4n) is 1.85. The number of hydrogen-bond acceptors (Lipinski definition) is 2. The standard InChI is InChI=1S/C14H17ClN2O/c1-9(2)14-16-11-6-5-10(8-12(11)17-14)13(18)4-3-7-15/h5-6,8-9H,3-4,7H2,1-2H3,(H,16,17). The number of carbonyl (C=O) groups is 1. The van der Waals surface area contributed by atoms with Crippen LogP contribution in [0.1, 0.15) is 48.8 Å². The van der Waals surface area contributed by atoms with E-state index in [0.717, 1.165) is 28.8 Å². The third-order valence-corrected chi connectivity index (χ3v) is 3.17. The van der Waals surface area contributed by atoms with E-state index in [4.69, 9.17) is 11.6 Å². The van der Waals surface area contributed by atoms with Gasteiger partial charge in [-0.3, -0.25) is 4.79 Å². The van der Waals surface area contributed by atoms with Gasteiger partial charge in [-0.15, -0.1) is 11.6 Å². The zero-order valence-corrected chi connectivity index (χ0v) is 11.4. The number of hydrogen-bond donors (Lipinski definition) is 1. The molecule has 1 heterocycles. The number of nitrogens with one attached hydrogen (secondary N) is 1. The SMILES string of the molecule is CC(C)c1nc2ccc(C(=O)CCCCl)cc2[nH]1. The summed E-state index contributed by atoms with van der Waals surface area (Å²) in [5.74, 6) is 1.97. The maximum absolute atomic E-state index is 11.9. The average Bonchev–Trinajstić information content (AvgIpc) is 2.78. The zero-order chi connectivity index (χ0) is 13.1. The number of aromatic amines is 1. The Labute approximate surface area is 112 Å². The molecule has 0 unspecified atom stereocenters. The van der Waals surface area contributed by atoms with Crippen LogP contribution in [-0.4, -0.2) is 21.6 Å². The normalized spacial score (nSPS) is 11.3. The molecular weight excluding hydrogens is 248 g/mol. The number of benzene rings is 1. The monoisotopic (exact) mass is 264 g/mol. The van der Waals surface area contributed by atoms with E-state index in [9.17, 15) is 4.79 Å². The lowest BCUT2D eigenvalue weighted by atomic mass is 10.1. The van der Waals surface area contributed by atoms with Crippen molar-refractivity contribution in [2.75, 3.05) is 5.88 Å². The van der Waals surface area contributed by atoms with Crippen molar-refractivity contribution in [2.24, 2.45) is 0 Å². The van der Waals surface area contributed by atoms with Crippen molar-refractivity contribution in [3.63, 3.8) is 0 Å². The molecule has 0 aliphatic heterocycles. The maximum Gasteiger partial charge on any atom is 0.162 e. The first-order chi connectivity index (χ1) is 8.61. The van der Waals surface area contributed by atoms with Crippen LogP contribution >= 0.6 is 11.6 Å². The highest BCUT2D eigenvalue weighted by molar-refractivity contribution is 6.18. The molecule has 1 aromatic carbocycles. The first-order valence-electron chi connectivity index (χ1n) is 6.20. The Hall–Kier alpha value is -1.35. The molecule has 0 bridgehead atoms. The van der Waals surface area contributed by atoms with Crippen molar-refractivity contribution < 1.29 is 4.79 Å². The minimum atomic E-state index is 0.137. The smallest absolute Gasteiger partial charge is 0.162 e. The molecular formula is C14H17ClN2O. The number of aromatic nitrogens is 2. The first kappa shape index (κ1) is 13.1. The minimum absolute atomic E-state index is 0.137. The Kier molecular flexibility index (Phi) is 4.02. The summed E-state index contributed by atoms with van der Waals surface area (Å²) in [5.41, 5.74) is 2.56. The molecule has 3 nitrogen and oxygen atoms in total. The second-order valence-electron chi connectivity index (χ2n) is 4.72. The summed E-state index contributed by atoms with van der Waals surface area (Å²) in [7, 11) is 0. The minimum Gasteiger partial charge on any atom is -0.342 e. The number of alkyl halides is 1. The van der Waals surface area contributed by atoms with Crippen LogP contribution in [0.5, 0.6) is 0 Å². The third-order valence-electron chi connectivity index (χ3n) is 2.91. The van der Waals surface area contributed by atoms with Gasteiger partial charge in [0.25, 0.3) is 0 Å². The maximum atomic E-state index is 11.9. The molecule has 1 aromatic heterocycles. The highest BCUT2D eigenvalue weighted by Crippen LogP contribution is 2.19. The van der Waals surface area contributed by atoms with Crippen LogP contribution in [0.3, 0.4) is 0 Å². The molecule has 0 atom stereocenters. The molecule has 2 aromatic rings. The summed E-state index contributed by atoms with van der Waals surface area (Å²) in [6, 6.07) is 5.61. The summed E-state index contributed by atoms with van der Waals surface area (Å²) in [5, 5.41) is 0. The van der Waals surface area contributed by atoms with Gasteiger partial charge in [-0.05, 0) is 24.6 Å². The van der Waals surface area contributed by atoms with Gasteiger partial charge in [0.2, 0.25) is 0 Å². The van der Waals surface area contributed by atoms with E-state index in [0.29, 0.717) is 18.2 Å². The van der Waals surface area contributed by atoms with Crippen LogP contribution in [0.2, 0.25) is 0 Å². The summed E-state index contributed by atoms with van der Waals surface area (Å²) in [4.78, 5) is 19.6. The second kappa shape index (κ2) is 5.53. The average molecular weight is 265 g/mol. The highest BCUT2D eigenvalue weighted by atomic mass is 35.5. The number of imidazole rings is 1. The quantitative estimate of drug-likeness (QED) is 0.658. The summed E-state index contributed by atoms with van der Waals surface area (Å²) in [6.07, 6.45) is 1.22. The van der Waals surface area contributed by atoms with E-state index in [-0.39, 0.29) is 5.78 Å². The van der Waals surface area contributed by atoms with Gasteiger partial charge in [0.1, 0.15) is 5.82 Å². The van der Waals surface area contributed by atoms with Crippen LogP contribution in [0.25, 0.3) is 11.0 Å². The Morgan fingerprint density at radius 2 is 2.22 bits per heavy atom. The van der Waals surface area contributed by atoms with Gasteiger partial charge in [-0.2, -0.15) is 0 Å². The Morgan fingerprint density at radius 1 is 1.44 bits per heavy atom. The van der Waals surface area contributed by atoms with Crippen LogP contribution in [0.4, 0.5) is 0 Å². The van der Waals surface area contributed by atoms with E-state index in [1.807, 2.05) is 18.2 Å². The predicted octanol–water partition coefficient (Wildman–Crippen LogP) is 3.89. The van der Waals surface area contributed by atoms with Gasteiger partial charge in [0.05, 0.1) is 11.0 Å². The van der Waals surface area contributed by atoms with Crippen molar-refractivity contribution in [2.45, 2.75) is 32.6 Å². The number of H-pyrrole nitrogens is 1. The number of nitrogens with zero attached hydrogens (tertiary/aromatic N) is 1. The van der Waals surface area contributed by atoms with Crippen molar-refractivity contribution in [3.8, 4) is 0 Å². The van der Waals surface area contributed by atoms with Gasteiger partial charge in [-0.25, -0.2) is 4.98 Å². The highest BCUT2D eigenvalue weighted by Gasteiger charge is 2.10. The number of carbonyl (C=O) groups excluding carboxylic acids is 1. The molecule has 0 amide bonds. The topological polar surface area (TPSA) is 45.8 Å². The van der Waals surface area contributed by atoms with Gasteiger partial charge >= 0.3 is 0 Å². The third kappa shape index (κ3) is 2.72. The molecule has 2 rings (SSSR count). The Balaban J connectivity index is 2.29. The number of rotatable bonds is 5. The van der Waals surface area contributed by atoms with Crippen LogP contribution in [0.15, 0.2) is 18.2 Å². The van der Waals surface area contributed by atoms with Crippen LogP contribution in [-0.2, 0) is 0 Å². The molecule has 4 heteroatoms. The van der Waals surface area contributed by atoms with Crippen molar-refractivity contribution >= 4 is 28.4 Å². The number of fused-ring (bicyclic) bond motifs is 1. The molecule has 1 N–H and O–H groups in total. The summed E-state index contributed by atoms with van der Waals surface area (Å²) >= 11 is 5.60. The van der Waals surface area contributed by atoms with Gasteiger partial charge in [0, 0.05) is 23.8 Å². The van der Waals surface area contributed by atoms with E-state index >= 15 is 0 Å². The fraction of sp³-hybridized carbons (Fsp3) is 0.429. The van der Waals surface area contributed by atoms with Crippen molar-refractivity contribution in [1.29, 1.82) is 0 Å². The lowest BCUT2D eigenvalue weighted by Gasteiger charge is -1.99. The molecule has 0 aliphatic rings. The fourth-order valence-corrected chi connectivity index (χ4v) is 1.98. The van der Waals surface area contributed by atoms with Gasteiger partial charge in [-0.1, -0.05) is 13.8 Å². The largest absolute Gasteiger partial charge is 0.342 e. The molecule has 0 aliphatic carbocycles. The van der Waals surface area contributed by atoms with E-state index in [1.165, 1.54) is 0 Å². The summed E-state index contributed by atoms with van der Waals surface area (Å²) in [6.45, 7) is 4.18. The molecule has 18 heavy (non-hydrogen) atoms. The Bertz CT molecular complexity index is 560. The van der Waals surface area contributed by atoms with E-state index in [2.05, 4.69) is 23.8 Å².